The van der Waals surface area contributed by atoms with Crippen LogP contribution in [0.2, 0.25) is 0 Å². The highest BCUT2D eigenvalue weighted by Crippen LogP contribution is 2.40. The number of aldehydes is 1. The Morgan fingerprint density at radius 1 is 1.35 bits per heavy atom. The number of alkyl halides is 3. The molecule has 0 radical (unpaired) electrons. The van der Waals surface area contributed by atoms with Crippen molar-refractivity contribution < 1.29 is 36.0 Å². The first-order chi connectivity index (χ1) is 8.97. The van der Waals surface area contributed by atoms with Gasteiger partial charge in [0, 0.05) is 10.7 Å². The van der Waals surface area contributed by atoms with E-state index in [9.17, 15) is 36.5 Å². The van der Waals surface area contributed by atoms with Gasteiger partial charge in [0.05, 0.1) is 10.5 Å². The second-order valence-electron chi connectivity index (χ2n) is 3.19. The highest BCUT2D eigenvalue weighted by atomic mass is 35.7. The van der Waals surface area contributed by atoms with Crippen molar-refractivity contribution in [1.82, 2.24) is 0 Å². The number of carbonyl (C=O) groups excluding carboxylic acids is 1. The maximum absolute atomic E-state index is 12.2. The first kappa shape index (κ1) is 16.2. The van der Waals surface area contributed by atoms with E-state index >= 15 is 0 Å². The van der Waals surface area contributed by atoms with Crippen LogP contribution in [0.3, 0.4) is 0 Å². The van der Waals surface area contributed by atoms with Gasteiger partial charge in [-0.25, -0.2) is 8.42 Å². The molecule has 1 aromatic carbocycles. The van der Waals surface area contributed by atoms with Crippen LogP contribution in [0.5, 0.6) is 5.75 Å². The lowest BCUT2D eigenvalue weighted by molar-refractivity contribution is -0.389. The summed E-state index contributed by atoms with van der Waals surface area (Å²) < 4.78 is 62.2. The zero-order valence-electron chi connectivity index (χ0n) is 9.05. The van der Waals surface area contributed by atoms with Gasteiger partial charge in [-0.15, -0.1) is 13.2 Å². The molecule has 7 nitrogen and oxygen atoms in total. The second kappa shape index (κ2) is 5.25. The molecule has 0 aliphatic carbocycles. The van der Waals surface area contributed by atoms with E-state index < -0.39 is 42.2 Å². The third-order valence-electron chi connectivity index (χ3n) is 1.92. The van der Waals surface area contributed by atoms with E-state index in [-0.39, 0.29) is 6.29 Å². The lowest BCUT2D eigenvalue weighted by atomic mass is 10.2. The summed E-state index contributed by atoms with van der Waals surface area (Å²) in [5.74, 6) is -1.66. The molecule has 0 unspecified atom stereocenters. The van der Waals surface area contributed by atoms with Crippen LogP contribution in [0.15, 0.2) is 17.0 Å². The summed E-state index contributed by atoms with van der Waals surface area (Å²) >= 11 is 0. The van der Waals surface area contributed by atoms with Gasteiger partial charge in [-0.3, -0.25) is 14.9 Å². The average Bonchev–Trinajstić information content (AvgIpc) is 2.23. The molecule has 0 spiro atoms. The van der Waals surface area contributed by atoms with Crippen molar-refractivity contribution >= 4 is 31.7 Å². The predicted molar refractivity (Wildman–Crippen MR) is 58.2 cm³/mol. The lowest BCUT2D eigenvalue weighted by Crippen LogP contribution is -2.20. The molecule has 12 heteroatoms. The fourth-order valence-electron chi connectivity index (χ4n) is 1.26. The van der Waals surface area contributed by atoms with Gasteiger partial charge >= 0.3 is 12.0 Å². The Labute approximate surface area is 113 Å². The number of halogens is 4. The molecule has 1 aromatic rings. The van der Waals surface area contributed by atoms with Gasteiger partial charge < -0.3 is 4.74 Å². The molecule has 0 heterocycles. The van der Waals surface area contributed by atoms with Crippen molar-refractivity contribution in [3.8, 4) is 5.75 Å². The van der Waals surface area contributed by atoms with Crippen LogP contribution in [0.4, 0.5) is 18.9 Å². The van der Waals surface area contributed by atoms with Gasteiger partial charge in [0.15, 0.2) is 6.29 Å². The number of rotatable bonds is 4. The highest BCUT2D eigenvalue weighted by molar-refractivity contribution is 8.13. The predicted octanol–water partition coefficient (Wildman–Crippen LogP) is 2.23. The number of benzene rings is 1. The fourth-order valence-corrected chi connectivity index (χ4v) is 2.21. The zero-order valence-corrected chi connectivity index (χ0v) is 10.6. The van der Waals surface area contributed by atoms with E-state index in [1.807, 2.05) is 0 Å². The van der Waals surface area contributed by atoms with Crippen LogP contribution in [-0.2, 0) is 9.05 Å². The minimum Gasteiger partial charge on any atom is -0.397 e. The summed E-state index contributed by atoms with van der Waals surface area (Å²) in [4.78, 5) is 18.7. The Hall–Kier alpha value is -1.88. The third-order valence-corrected chi connectivity index (χ3v) is 3.26. The van der Waals surface area contributed by atoms with Crippen LogP contribution < -0.4 is 4.74 Å². The minimum absolute atomic E-state index is 0.119. The van der Waals surface area contributed by atoms with Gasteiger partial charge in [0.1, 0.15) is 4.90 Å². The average molecular weight is 334 g/mol. The van der Waals surface area contributed by atoms with Gasteiger partial charge in [0.25, 0.3) is 9.05 Å². The number of nitro benzene ring substituents is 1. The van der Waals surface area contributed by atoms with Crippen molar-refractivity contribution in [2.24, 2.45) is 0 Å². The Morgan fingerprint density at radius 3 is 2.25 bits per heavy atom. The summed E-state index contributed by atoms with van der Waals surface area (Å²) in [7, 11) is 0.119. The molecule has 0 bridgehead atoms. The zero-order chi connectivity index (χ0) is 15.7. The molecule has 0 saturated carbocycles. The summed E-state index contributed by atoms with van der Waals surface area (Å²) in [5, 5.41) is 10.7. The van der Waals surface area contributed by atoms with Crippen LogP contribution in [0.25, 0.3) is 0 Å². The van der Waals surface area contributed by atoms with E-state index in [0.29, 0.717) is 12.1 Å². The minimum atomic E-state index is -5.41. The van der Waals surface area contributed by atoms with E-state index in [2.05, 4.69) is 4.74 Å². The van der Waals surface area contributed by atoms with Gasteiger partial charge in [-0.2, -0.15) is 0 Å². The Bertz CT molecular complexity index is 672. The lowest BCUT2D eigenvalue weighted by Gasteiger charge is -2.12. The van der Waals surface area contributed by atoms with E-state index in [1.54, 1.807) is 0 Å². The van der Waals surface area contributed by atoms with Crippen LogP contribution in [-0.4, -0.2) is 26.0 Å². The number of hydrogen-bond acceptors (Lipinski definition) is 6. The molecule has 1 rings (SSSR count). The van der Waals surface area contributed by atoms with Crippen molar-refractivity contribution in [1.29, 1.82) is 0 Å². The second-order valence-corrected chi connectivity index (χ2v) is 5.73. The maximum Gasteiger partial charge on any atom is 0.573 e. The molecule has 0 aliphatic rings. The molecular weight excluding hydrogens is 331 g/mol. The highest BCUT2D eigenvalue weighted by Gasteiger charge is 2.39. The monoisotopic (exact) mass is 333 g/mol. The number of ether oxygens (including phenoxy) is 1. The number of hydrogen-bond donors (Lipinski definition) is 0. The molecule has 0 fully saturated rings. The maximum atomic E-state index is 12.2. The van der Waals surface area contributed by atoms with Gasteiger partial charge in [-0.05, 0) is 12.1 Å². The van der Waals surface area contributed by atoms with Crippen LogP contribution in [0, 0.1) is 10.1 Å². The standard InChI is InChI=1S/C8H3ClF3NO6S/c9-20(17,18)5-2-1-4(3-14)6(13(15)16)7(5)19-8(10,11)12/h1-3H. The first-order valence-electron chi connectivity index (χ1n) is 4.44. The fraction of sp³-hybridized carbons (Fsp3) is 0.125. The smallest absolute Gasteiger partial charge is 0.397 e. The van der Waals surface area contributed by atoms with Crippen LogP contribution in [0.1, 0.15) is 10.4 Å². The SMILES string of the molecule is O=Cc1ccc(S(=O)(=O)Cl)c(OC(F)(F)F)c1[N+](=O)[O-]. The number of nitrogens with zero attached hydrogens (tertiary/aromatic N) is 1. The first-order valence-corrected chi connectivity index (χ1v) is 6.75. The Morgan fingerprint density at radius 2 is 1.90 bits per heavy atom. The van der Waals surface area contributed by atoms with Crippen molar-refractivity contribution in [2.75, 3.05) is 0 Å². The molecule has 0 amide bonds. The van der Waals surface area contributed by atoms with Gasteiger partial charge in [0.2, 0.25) is 5.75 Å². The molecule has 0 N–H and O–H groups in total. The Kier molecular flexibility index (Phi) is 4.24. The van der Waals surface area contributed by atoms with Crippen molar-refractivity contribution in [2.45, 2.75) is 11.3 Å². The van der Waals surface area contributed by atoms with Crippen molar-refractivity contribution in [3.05, 3.63) is 27.8 Å². The molecule has 0 atom stereocenters. The molecule has 20 heavy (non-hydrogen) atoms. The number of carbonyl (C=O) groups is 1. The summed E-state index contributed by atoms with van der Waals surface area (Å²) in [5.41, 5.74) is -2.24. The molecular formula is C8H3ClF3NO6S. The van der Waals surface area contributed by atoms with E-state index in [0.717, 1.165) is 0 Å². The molecule has 0 aromatic heterocycles. The molecule has 0 saturated heterocycles. The quantitative estimate of drug-likeness (QED) is 0.362. The third kappa shape index (κ3) is 3.57. The molecule has 0 aliphatic heterocycles. The van der Waals surface area contributed by atoms with E-state index in [4.69, 9.17) is 10.7 Å². The van der Waals surface area contributed by atoms with Gasteiger partial charge in [-0.1, -0.05) is 0 Å². The summed E-state index contributed by atoms with van der Waals surface area (Å²) in [6.45, 7) is 0. The Balaban J connectivity index is 3.77. The number of nitro groups is 1. The topological polar surface area (TPSA) is 104 Å². The normalized spacial score (nSPS) is 12.0. The van der Waals surface area contributed by atoms with E-state index in [1.165, 1.54) is 0 Å². The van der Waals surface area contributed by atoms with Crippen LogP contribution >= 0.6 is 10.7 Å². The summed E-state index contributed by atoms with van der Waals surface area (Å²) in [6, 6.07) is 1.14. The summed E-state index contributed by atoms with van der Waals surface area (Å²) in [6.07, 6.45) is -5.53. The largest absolute Gasteiger partial charge is 0.573 e. The van der Waals surface area contributed by atoms with Crippen molar-refractivity contribution in [3.63, 3.8) is 0 Å². The molecule has 110 valence electrons.